The first-order valence-electron chi connectivity index (χ1n) is 6.46. The van der Waals surface area contributed by atoms with E-state index in [0.717, 1.165) is 16.9 Å². The number of fused-ring (bicyclic) bond motifs is 1. The molecule has 0 bridgehead atoms. The Morgan fingerprint density at radius 1 is 1.35 bits per heavy atom. The molecule has 1 aliphatic rings. The van der Waals surface area contributed by atoms with E-state index in [1.165, 1.54) is 0 Å². The molecular weight excluding hydrogens is 278 g/mol. The van der Waals surface area contributed by atoms with Gasteiger partial charge in [-0.3, -0.25) is 9.59 Å². The van der Waals surface area contributed by atoms with E-state index < -0.39 is 0 Å². The van der Waals surface area contributed by atoms with Crippen molar-refractivity contribution in [3.05, 3.63) is 23.8 Å². The zero-order valence-corrected chi connectivity index (χ0v) is 12.4. The van der Waals surface area contributed by atoms with Gasteiger partial charge in [0.1, 0.15) is 0 Å². The number of aryl methyl sites for hydroxylation is 1. The molecule has 20 heavy (non-hydrogen) atoms. The second-order valence-corrected chi connectivity index (χ2v) is 5.06. The van der Waals surface area contributed by atoms with Crippen molar-refractivity contribution < 1.29 is 9.59 Å². The van der Waals surface area contributed by atoms with Gasteiger partial charge in [-0.15, -0.1) is 12.4 Å². The zero-order chi connectivity index (χ0) is 14.0. The van der Waals surface area contributed by atoms with Gasteiger partial charge in [0, 0.05) is 23.8 Å². The average Bonchev–Trinajstić information content (AvgIpc) is 2.37. The van der Waals surface area contributed by atoms with Crippen molar-refractivity contribution in [2.75, 3.05) is 10.6 Å². The molecule has 0 fully saturated rings. The molecule has 2 rings (SSSR count). The lowest BCUT2D eigenvalue weighted by Crippen LogP contribution is -2.34. The summed E-state index contributed by atoms with van der Waals surface area (Å²) < 4.78 is 0. The fourth-order valence-corrected chi connectivity index (χ4v) is 1.96. The van der Waals surface area contributed by atoms with Crippen molar-refractivity contribution in [1.29, 1.82) is 0 Å². The smallest absolute Gasteiger partial charge is 0.228 e. The van der Waals surface area contributed by atoms with Crippen molar-refractivity contribution in [1.82, 2.24) is 0 Å². The summed E-state index contributed by atoms with van der Waals surface area (Å²) in [4.78, 5) is 23.2. The summed E-state index contributed by atoms with van der Waals surface area (Å²) in [6, 6.07) is 5.33. The first-order chi connectivity index (χ1) is 8.97. The van der Waals surface area contributed by atoms with Crippen LogP contribution in [0.5, 0.6) is 0 Å². The van der Waals surface area contributed by atoms with Gasteiger partial charge in [-0.05, 0) is 37.1 Å². The Labute approximate surface area is 124 Å². The number of hydrogen-bond acceptors (Lipinski definition) is 3. The van der Waals surface area contributed by atoms with Crippen LogP contribution < -0.4 is 16.4 Å². The third kappa shape index (κ3) is 3.71. The summed E-state index contributed by atoms with van der Waals surface area (Å²) in [5, 5.41) is 5.66. The SMILES string of the molecule is CC(N)C(C)C(=O)Nc1ccc2c(c1)CCC(=O)N2.Cl. The lowest BCUT2D eigenvalue weighted by Gasteiger charge is -2.19. The number of nitrogens with two attached hydrogens (primary N) is 1. The van der Waals surface area contributed by atoms with Crippen molar-refractivity contribution in [3.8, 4) is 0 Å². The molecule has 5 nitrogen and oxygen atoms in total. The molecule has 0 spiro atoms. The summed E-state index contributed by atoms with van der Waals surface area (Å²) in [6.45, 7) is 3.62. The topological polar surface area (TPSA) is 84.2 Å². The Morgan fingerprint density at radius 3 is 2.70 bits per heavy atom. The third-order valence-corrected chi connectivity index (χ3v) is 3.47. The molecule has 2 unspecified atom stereocenters. The van der Waals surface area contributed by atoms with E-state index in [-0.39, 0.29) is 36.2 Å². The standard InChI is InChI=1S/C14H19N3O2.ClH/c1-8(9(2)15)14(19)16-11-4-5-12-10(7-11)3-6-13(18)17-12;/h4-5,7-9H,3,6,15H2,1-2H3,(H,16,19)(H,17,18);1H. The van der Waals surface area contributed by atoms with Crippen LogP contribution in [0.4, 0.5) is 11.4 Å². The number of nitrogens with one attached hydrogen (secondary N) is 2. The number of amides is 2. The minimum atomic E-state index is -0.240. The van der Waals surface area contributed by atoms with Gasteiger partial charge in [0.25, 0.3) is 0 Å². The molecule has 0 saturated heterocycles. The fraction of sp³-hybridized carbons (Fsp3) is 0.429. The number of hydrogen-bond donors (Lipinski definition) is 3. The second-order valence-electron chi connectivity index (χ2n) is 5.06. The summed E-state index contributed by atoms with van der Waals surface area (Å²) in [5.74, 6) is -0.291. The van der Waals surface area contributed by atoms with Crippen LogP contribution in [-0.2, 0) is 16.0 Å². The van der Waals surface area contributed by atoms with Crippen molar-refractivity contribution in [2.24, 2.45) is 11.7 Å². The van der Waals surface area contributed by atoms with Crippen LogP contribution in [0.1, 0.15) is 25.8 Å². The molecule has 2 atom stereocenters. The third-order valence-electron chi connectivity index (χ3n) is 3.47. The quantitative estimate of drug-likeness (QED) is 0.797. The molecule has 0 aromatic heterocycles. The highest BCUT2D eigenvalue weighted by molar-refractivity contribution is 5.96. The van der Waals surface area contributed by atoms with Crippen molar-refractivity contribution in [3.63, 3.8) is 0 Å². The number of anilines is 2. The molecule has 4 N–H and O–H groups in total. The number of carbonyl (C=O) groups is 2. The van der Waals surface area contributed by atoms with Crippen LogP contribution in [0, 0.1) is 5.92 Å². The van der Waals surface area contributed by atoms with Crippen LogP contribution in [0.2, 0.25) is 0 Å². The largest absolute Gasteiger partial charge is 0.327 e. The Kier molecular flexibility index (Phi) is 5.53. The predicted octanol–water partition coefficient (Wildman–Crippen LogP) is 1.91. The summed E-state index contributed by atoms with van der Waals surface area (Å²) in [7, 11) is 0. The van der Waals surface area contributed by atoms with Gasteiger partial charge < -0.3 is 16.4 Å². The maximum atomic E-state index is 11.9. The Bertz CT molecular complexity index is 517. The van der Waals surface area contributed by atoms with E-state index in [4.69, 9.17) is 5.73 Å². The molecule has 110 valence electrons. The van der Waals surface area contributed by atoms with Gasteiger partial charge in [-0.25, -0.2) is 0 Å². The molecule has 6 heteroatoms. The molecule has 2 amide bonds. The van der Waals surface area contributed by atoms with Crippen LogP contribution in [0.15, 0.2) is 18.2 Å². The van der Waals surface area contributed by atoms with Crippen LogP contribution in [0.25, 0.3) is 0 Å². The molecule has 0 aliphatic carbocycles. The molecule has 1 aliphatic heterocycles. The first-order valence-corrected chi connectivity index (χ1v) is 6.46. The number of benzene rings is 1. The summed E-state index contributed by atoms with van der Waals surface area (Å²) in [6.07, 6.45) is 1.19. The van der Waals surface area contributed by atoms with Crippen LogP contribution in [-0.4, -0.2) is 17.9 Å². The maximum Gasteiger partial charge on any atom is 0.228 e. The molecule has 1 aromatic carbocycles. The molecular formula is C14H20ClN3O2. The number of halogens is 1. The summed E-state index contributed by atoms with van der Waals surface area (Å²) >= 11 is 0. The zero-order valence-electron chi connectivity index (χ0n) is 11.6. The van der Waals surface area contributed by atoms with Crippen LogP contribution >= 0.6 is 12.4 Å². The van der Waals surface area contributed by atoms with Gasteiger partial charge in [0.2, 0.25) is 11.8 Å². The molecule has 1 heterocycles. The van der Waals surface area contributed by atoms with E-state index >= 15 is 0 Å². The lowest BCUT2D eigenvalue weighted by atomic mass is 10.0. The van der Waals surface area contributed by atoms with Gasteiger partial charge in [-0.1, -0.05) is 6.92 Å². The Morgan fingerprint density at radius 2 is 2.05 bits per heavy atom. The Balaban J connectivity index is 0.00000200. The fourth-order valence-electron chi connectivity index (χ4n) is 1.96. The van der Waals surface area contributed by atoms with E-state index in [2.05, 4.69) is 10.6 Å². The average molecular weight is 298 g/mol. The minimum absolute atomic E-state index is 0. The van der Waals surface area contributed by atoms with Crippen LogP contribution in [0.3, 0.4) is 0 Å². The highest BCUT2D eigenvalue weighted by Crippen LogP contribution is 2.25. The second kappa shape index (κ2) is 6.72. The first kappa shape index (κ1) is 16.5. The van der Waals surface area contributed by atoms with Gasteiger partial charge in [0.05, 0.1) is 5.92 Å². The van der Waals surface area contributed by atoms with Crippen molar-refractivity contribution in [2.45, 2.75) is 32.7 Å². The van der Waals surface area contributed by atoms with Gasteiger partial charge >= 0.3 is 0 Å². The maximum absolute atomic E-state index is 11.9. The molecule has 0 radical (unpaired) electrons. The van der Waals surface area contributed by atoms with Gasteiger partial charge in [0.15, 0.2) is 0 Å². The van der Waals surface area contributed by atoms with Gasteiger partial charge in [-0.2, -0.15) is 0 Å². The monoisotopic (exact) mass is 297 g/mol. The Hall–Kier alpha value is -1.59. The lowest BCUT2D eigenvalue weighted by molar-refractivity contribution is -0.120. The number of rotatable bonds is 3. The van der Waals surface area contributed by atoms with Crippen molar-refractivity contribution >= 4 is 35.6 Å². The highest BCUT2D eigenvalue weighted by atomic mass is 35.5. The highest BCUT2D eigenvalue weighted by Gasteiger charge is 2.19. The van der Waals surface area contributed by atoms with E-state index in [1.54, 1.807) is 13.0 Å². The molecule has 0 saturated carbocycles. The van der Waals surface area contributed by atoms with E-state index in [9.17, 15) is 9.59 Å². The minimum Gasteiger partial charge on any atom is -0.327 e. The molecule has 1 aromatic rings. The van der Waals surface area contributed by atoms with E-state index in [0.29, 0.717) is 12.8 Å². The number of carbonyl (C=O) groups excluding carboxylic acids is 2. The normalized spacial score (nSPS) is 16.2. The summed E-state index contributed by atoms with van der Waals surface area (Å²) in [5.41, 5.74) is 8.33. The predicted molar refractivity (Wildman–Crippen MR) is 82.1 cm³/mol. The van der Waals surface area contributed by atoms with E-state index in [1.807, 2.05) is 19.1 Å².